The van der Waals surface area contributed by atoms with Gasteiger partial charge in [0.15, 0.2) is 0 Å². The summed E-state index contributed by atoms with van der Waals surface area (Å²) in [6.45, 7) is 1.72. The Balaban J connectivity index is 1.46. The standard InChI is InChI=1S/C16H22FNO/c17-15-5-2-1-4-13(15)6-10-18-14-7-11-19-16(12-14)8-3-9-16/h1-2,4-5,14,18H,3,6-12H2. The Kier molecular flexibility index (Phi) is 3.85. The van der Waals surface area contributed by atoms with Gasteiger partial charge in [-0.1, -0.05) is 18.2 Å². The second kappa shape index (κ2) is 5.59. The highest BCUT2D eigenvalue weighted by molar-refractivity contribution is 5.17. The summed E-state index contributed by atoms with van der Waals surface area (Å²) in [6, 6.07) is 7.59. The number of nitrogens with one attached hydrogen (secondary N) is 1. The smallest absolute Gasteiger partial charge is 0.126 e. The van der Waals surface area contributed by atoms with Gasteiger partial charge in [-0.3, -0.25) is 0 Å². The summed E-state index contributed by atoms with van der Waals surface area (Å²) in [5.41, 5.74) is 0.994. The molecule has 0 amide bonds. The normalized spacial score (nSPS) is 25.2. The topological polar surface area (TPSA) is 21.3 Å². The summed E-state index contributed by atoms with van der Waals surface area (Å²) in [4.78, 5) is 0. The maximum atomic E-state index is 13.5. The first-order valence-electron chi connectivity index (χ1n) is 7.38. The molecule has 1 atom stereocenters. The lowest BCUT2D eigenvalue weighted by atomic mass is 9.74. The van der Waals surface area contributed by atoms with Gasteiger partial charge in [-0.05, 0) is 56.7 Å². The fourth-order valence-electron chi connectivity index (χ4n) is 3.23. The highest BCUT2D eigenvalue weighted by Crippen LogP contribution is 2.42. The molecule has 2 fully saturated rings. The van der Waals surface area contributed by atoms with Gasteiger partial charge in [0, 0.05) is 12.6 Å². The number of rotatable bonds is 4. The molecule has 1 spiro atoms. The molecule has 3 rings (SSSR count). The van der Waals surface area contributed by atoms with Gasteiger partial charge in [-0.15, -0.1) is 0 Å². The van der Waals surface area contributed by atoms with Crippen molar-refractivity contribution in [2.24, 2.45) is 0 Å². The molecule has 1 aliphatic heterocycles. The van der Waals surface area contributed by atoms with Gasteiger partial charge in [0.1, 0.15) is 5.82 Å². The molecule has 0 bridgehead atoms. The second-order valence-corrected chi connectivity index (χ2v) is 5.87. The molecular weight excluding hydrogens is 241 g/mol. The third-order valence-corrected chi connectivity index (χ3v) is 4.54. The molecule has 1 heterocycles. The molecule has 0 aromatic heterocycles. The van der Waals surface area contributed by atoms with Crippen LogP contribution in [0.5, 0.6) is 0 Å². The zero-order valence-corrected chi connectivity index (χ0v) is 11.3. The molecule has 3 heteroatoms. The lowest BCUT2D eigenvalue weighted by Crippen LogP contribution is -2.51. The van der Waals surface area contributed by atoms with Crippen LogP contribution in [0.4, 0.5) is 4.39 Å². The SMILES string of the molecule is Fc1ccccc1CCNC1CCOC2(CCC2)C1. The highest BCUT2D eigenvalue weighted by atomic mass is 19.1. The first-order valence-corrected chi connectivity index (χ1v) is 7.38. The van der Waals surface area contributed by atoms with Crippen molar-refractivity contribution in [3.63, 3.8) is 0 Å². The largest absolute Gasteiger partial charge is 0.375 e. The lowest BCUT2D eigenvalue weighted by Gasteiger charge is -2.47. The van der Waals surface area contributed by atoms with Crippen LogP contribution in [-0.4, -0.2) is 24.8 Å². The van der Waals surface area contributed by atoms with E-state index in [9.17, 15) is 4.39 Å². The Hall–Kier alpha value is -0.930. The Morgan fingerprint density at radius 1 is 1.32 bits per heavy atom. The predicted octanol–water partition coefficient (Wildman–Crippen LogP) is 3.06. The van der Waals surface area contributed by atoms with Gasteiger partial charge in [0.25, 0.3) is 0 Å². The van der Waals surface area contributed by atoms with Gasteiger partial charge in [-0.2, -0.15) is 0 Å². The molecule has 1 N–H and O–H groups in total. The van der Waals surface area contributed by atoms with Gasteiger partial charge in [-0.25, -0.2) is 4.39 Å². The summed E-state index contributed by atoms with van der Waals surface area (Å²) >= 11 is 0. The maximum absolute atomic E-state index is 13.5. The van der Waals surface area contributed by atoms with Crippen LogP contribution >= 0.6 is 0 Å². The minimum atomic E-state index is -0.0910. The van der Waals surface area contributed by atoms with E-state index in [1.165, 1.54) is 25.3 Å². The Morgan fingerprint density at radius 3 is 2.89 bits per heavy atom. The molecule has 0 radical (unpaired) electrons. The molecule has 19 heavy (non-hydrogen) atoms. The maximum Gasteiger partial charge on any atom is 0.126 e. The van der Waals surface area contributed by atoms with Crippen molar-refractivity contribution in [2.75, 3.05) is 13.2 Å². The summed E-state index contributed by atoms with van der Waals surface area (Å²) in [5.74, 6) is -0.0910. The van der Waals surface area contributed by atoms with Crippen LogP contribution in [0.3, 0.4) is 0 Å². The van der Waals surface area contributed by atoms with Crippen molar-refractivity contribution in [3.8, 4) is 0 Å². The van der Waals surface area contributed by atoms with E-state index in [2.05, 4.69) is 5.32 Å². The summed E-state index contributed by atoms with van der Waals surface area (Å²) in [6.07, 6.45) is 6.72. The van der Waals surface area contributed by atoms with E-state index in [0.717, 1.165) is 38.0 Å². The van der Waals surface area contributed by atoms with Gasteiger partial charge < -0.3 is 10.1 Å². The average molecular weight is 263 g/mol. The summed E-state index contributed by atoms with van der Waals surface area (Å²) in [7, 11) is 0. The Morgan fingerprint density at radius 2 is 2.16 bits per heavy atom. The zero-order chi connectivity index (χ0) is 13.1. The van der Waals surface area contributed by atoms with Crippen LogP contribution in [0.1, 0.15) is 37.7 Å². The third kappa shape index (κ3) is 2.98. The molecule has 1 aliphatic carbocycles. The molecule has 1 saturated heterocycles. The Bertz CT molecular complexity index is 431. The second-order valence-electron chi connectivity index (χ2n) is 5.87. The fourth-order valence-corrected chi connectivity index (χ4v) is 3.23. The van der Waals surface area contributed by atoms with Crippen LogP contribution in [0, 0.1) is 5.82 Å². The minimum absolute atomic E-state index is 0.0910. The van der Waals surface area contributed by atoms with Crippen molar-refractivity contribution in [1.29, 1.82) is 0 Å². The average Bonchev–Trinajstić information content (AvgIpc) is 2.40. The van der Waals surface area contributed by atoms with Crippen molar-refractivity contribution in [2.45, 2.75) is 50.2 Å². The lowest BCUT2D eigenvalue weighted by molar-refractivity contribution is -0.135. The van der Waals surface area contributed by atoms with Crippen LogP contribution < -0.4 is 5.32 Å². The zero-order valence-electron chi connectivity index (χ0n) is 11.3. The van der Waals surface area contributed by atoms with Crippen LogP contribution in [0.15, 0.2) is 24.3 Å². The first-order chi connectivity index (χ1) is 9.27. The van der Waals surface area contributed by atoms with Crippen LogP contribution in [-0.2, 0) is 11.2 Å². The molecule has 1 aromatic rings. The quantitative estimate of drug-likeness (QED) is 0.901. The van der Waals surface area contributed by atoms with Gasteiger partial charge in [0.2, 0.25) is 0 Å². The number of halogens is 1. The van der Waals surface area contributed by atoms with E-state index in [0.29, 0.717) is 6.04 Å². The predicted molar refractivity (Wildman–Crippen MR) is 73.7 cm³/mol. The minimum Gasteiger partial charge on any atom is -0.375 e. The summed E-state index contributed by atoms with van der Waals surface area (Å²) in [5, 5.41) is 3.57. The van der Waals surface area contributed by atoms with Crippen molar-refractivity contribution < 1.29 is 9.13 Å². The van der Waals surface area contributed by atoms with Gasteiger partial charge >= 0.3 is 0 Å². The first kappa shape index (κ1) is 13.1. The molecular formula is C16H22FNO. The van der Waals surface area contributed by atoms with E-state index in [1.54, 1.807) is 6.07 Å². The highest BCUT2D eigenvalue weighted by Gasteiger charge is 2.42. The van der Waals surface area contributed by atoms with Crippen LogP contribution in [0.2, 0.25) is 0 Å². The van der Waals surface area contributed by atoms with E-state index >= 15 is 0 Å². The van der Waals surface area contributed by atoms with E-state index < -0.39 is 0 Å². The van der Waals surface area contributed by atoms with E-state index in [1.807, 2.05) is 12.1 Å². The van der Waals surface area contributed by atoms with E-state index in [-0.39, 0.29) is 11.4 Å². The van der Waals surface area contributed by atoms with Crippen molar-refractivity contribution in [1.82, 2.24) is 5.32 Å². The summed E-state index contributed by atoms with van der Waals surface area (Å²) < 4.78 is 19.4. The number of benzene rings is 1. The fraction of sp³-hybridized carbons (Fsp3) is 0.625. The molecule has 2 aliphatic rings. The number of hydrogen-bond acceptors (Lipinski definition) is 2. The Labute approximate surface area is 114 Å². The number of hydrogen-bond donors (Lipinski definition) is 1. The van der Waals surface area contributed by atoms with Crippen LogP contribution in [0.25, 0.3) is 0 Å². The molecule has 1 unspecified atom stereocenters. The van der Waals surface area contributed by atoms with Crippen molar-refractivity contribution in [3.05, 3.63) is 35.6 Å². The monoisotopic (exact) mass is 263 g/mol. The molecule has 1 aromatic carbocycles. The van der Waals surface area contributed by atoms with Gasteiger partial charge in [0.05, 0.1) is 5.60 Å². The molecule has 1 saturated carbocycles. The molecule has 104 valence electrons. The van der Waals surface area contributed by atoms with Crippen molar-refractivity contribution >= 4 is 0 Å². The molecule has 2 nitrogen and oxygen atoms in total. The third-order valence-electron chi connectivity index (χ3n) is 4.54. The van der Waals surface area contributed by atoms with E-state index in [4.69, 9.17) is 4.74 Å². The number of ether oxygens (including phenoxy) is 1.